The van der Waals surface area contributed by atoms with Crippen LogP contribution in [0.15, 0.2) is 18.2 Å². The fourth-order valence-corrected chi connectivity index (χ4v) is 4.07. The Balaban J connectivity index is 1.72. The SMILES string of the molecule is CS(=O)(=O)NCC[C@@H]1CCCCN1C(=O)c1ccc2nsnc2c1. The summed E-state index contributed by atoms with van der Waals surface area (Å²) in [6.45, 7) is 1.05. The van der Waals surface area contributed by atoms with Crippen LogP contribution in [0.1, 0.15) is 36.0 Å². The lowest BCUT2D eigenvalue weighted by atomic mass is 9.98. The Morgan fingerprint density at radius 1 is 1.33 bits per heavy atom. The van der Waals surface area contributed by atoms with Gasteiger partial charge in [-0.3, -0.25) is 4.79 Å². The van der Waals surface area contributed by atoms with Crippen molar-refractivity contribution in [1.29, 1.82) is 0 Å². The van der Waals surface area contributed by atoms with Crippen LogP contribution < -0.4 is 4.72 Å². The van der Waals surface area contributed by atoms with Crippen molar-refractivity contribution in [3.8, 4) is 0 Å². The van der Waals surface area contributed by atoms with Gasteiger partial charge in [-0.2, -0.15) is 8.75 Å². The van der Waals surface area contributed by atoms with E-state index >= 15 is 0 Å². The van der Waals surface area contributed by atoms with Crippen LogP contribution in [0.3, 0.4) is 0 Å². The van der Waals surface area contributed by atoms with E-state index in [2.05, 4.69) is 13.5 Å². The molecule has 1 amide bonds. The topological polar surface area (TPSA) is 92.3 Å². The van der Waals surface area contributed by atoms with Gasteiger partial charge in [-0.1, -0.05) is 0 Å². The highest BCUT2D eigenvalue weighted by atomic mass is 32.2. The average molecular weight is 368 g/mol. The Morgan fingerprint density at radius 2 is 2.12 bits per heavy atom. The molecule has 1 aromatic carbocycles. The highest BCUT2D eigenvalue weighted by Crippen LogP contribution is 2.23. The van der Waals surface area contributed by atoms with Gasteiger partial charge < -0.3 is 4.90 Å². The molecule has 1 aliphatic rings. The van der Waals surface area contributed by atoms with Gasteiger partial charge in [-0.05, 0) is 43.9 Å². The van der Waals surface area contributed by atoms with E-state index in [9.17, 15) is 13.2 Å². The standard InChI is InChI=1S/C15H20N4O3S2/c1-24(21,22)16-8-7-12-4-2-3-9-19(12)15(20)11-5-6-13-14(10-11)18-23-17-13/h5-6,10,12,16H,2-4,7-9H2,1H3/t12-/m0/s1. The minimum absolute atomic E-state index is 0.0195. The second-order valence-electron chi connectivity index (χ2n) is 6.07. The summed E-state index contributed by atoms with van der Waals surface area (Å²) in [5.41, 5.74) is 2.14. The molecule has 1 atom stereocenters. The van der Waals surface area contributed by atoms with Crippen LogP contribution in [0.2, 0.25) is 0 Å². The third-order valence-corrected chi connectivity index (χ3v) is 5.52. The largest absolute Gasteiger partial charge is 0.336 e. The summed E-state index contributed by atoms with van der Waals surface area (Å²) in [5.74, 6) is -0.0195. The van der Waals surface area contributed by atoms with Crippen molar-refractivity contribution in [3.05, 3.63) is 23.8 Å². The minimum Gasteiger partial charge on any atom is -0.336 e. The number of hydrogen-bond acceptors (Lipinski definition) is 6. The Morgan fingerprint density at radius 3 is 2.92 bits per heavy atom. The first kappa shape index (κ1) is 17.2. The second-order valence-corrected chi connectivity index (χ2v) is 8.43. The van der Waals surface area contributed by atoms with E-state index in [4.69, 9.17) is 0 Å². The number of nitrogens with zero attached hydrogens (tertiary/aromatic N) is 3. The van der Waals surface area contributed by atoms with E-state index in [1.165, 1.54) is 0 Å². The molecule has 1 fully saturated rings. The number of amides is 1. The summed E-state index contributed by atoms with van der Waals surface area (Å²) in [6.07, 6.45) is 4.70. The molecule has 0 aliphatic carbocycles. The fraction of sp³-hybridized carbons (Fsp3) is 0.533. The van der Waals surface area contributed by atoms with Gasteiger partial charge >= 0.3 is 0 Å². The first-order chi connectivity index (χ1) is 11.4. The molecular weight excluding hydrogens is 348 g/mol. The van der Waals surface area contributed by atoms with E-state index in [0.717, 1.165) is 48.3 Å². The lowest BCUT2D eigenvalue weighted by Gasteiger charge is -2.36. The number of rotatable bonds is 5. The van der Waals surface area contributed by atoms with Gasteiger partial charge in [0.05, 0.1) is 18.0 Å². The number of sulfonamides is 1. The molecule has 0 unspecified atom stereocenters. The van der Waals surface area contributed by atoms with E-state index in [1.807, 2.05) is 11.0 Å². The zero-order chi connectivity index (χ0) is 17.2. The Kier molecular flexibility index (Phi) is 5.12. The maximum Gasteiger partial charge on any atom is 0.254 e. The zero-order valence-electron chi connectivity index (χ0n) is 13.4. The molecule has 2 aromatic rings. The Labute approximate surface area is 145 Å². The summed E-state index contributed by atoms with van der Waals surface area (Å²) in [7, 11) is -3.20. The summed E-state index contributed by atoms with van der Waals surface area (Å²) in [4.78, 5) is 14.7. The molecule has 1 N–H and O–H groups in total. The highest BCUT2D eigenvalue weighted by molar-refractivity contribution is 7.88. The lowest BCUT2D eigenvalue weighted by Crippen LogP contribution is -2.45. The molecule has 9 heteroatoms. The first-order valence-corrected chi connectivity index (χ1v) is 10.5. The molecule has 0 saturated carbocycles. The van der Waals surface area contributed by atoms with Crippen molar-refractivity contribution >= 4 is 38.7 Å². The smallest absolute Gasteiger partial charge is 0.254 e. The van der Waals surface area contributed by atoms with Crippen LogP contribution in [0.25, 0.3) is 11.0 Å². The van der Waals surface area contributed by atoms with Gasteiger partial charge in [0.1, 0.15) is 11.0 Å². The first-order valence-electron chi connectivity index (χ1n) is 7.92. The van der Waals surface area contributed by atoms with E-state index in [1.54, 1.807) is 12.1 Å². The summed E-state index contributed by atoms with van der Waals surface area (Å²) in [6, 6.07) is 5.44. The fourth-order valence-electron chi connectivity index (χ4n) is 3.06. The molecule has 24 heavy (non-hydrogen) atoms. The van der Waals surface area contributed by atoms with E-state index in [-0.39, 0.29) is 11.9 Å². The van der Waals surface area contributed by atoms with Crippen LogP contribution in [0.4, 0.5) is 0 Å². The second kappa shape index (κ2) is 7.12. The molecule has 1 aliphatic heterocycles. The molecule has 0 spiro atoms. The summed E-state index contributed by atoms with van der Waals surface area (Å²) >= 11 is 1.13. The van der Waals surface area contributed by atoms with E-state index in [0.29, 0.717) is 25.1 Å². The third-order valence-electron chi connectivity index (χ3n) is 4.23. The van der Waals surface area contributed by atoms with Crippen LogP contribution in [0, 0.1) is 0 Å². The number of likely N-dealkylation sites (tertiary alicyclic amines) is 1. The van der Waals surface area contributed by atoms with Crippen molar-refractivity contribution in [1.82, 2.24) is 18.4 Å². The minimum atomic E-state index is -3.20. The zero-order valence-corrected chi connectivity index (χ0v) is 15.1. The number of piperidine rings is 1. The number of carbonyl (C=O) groups is 1. The normalized spacial score (nSPS) is 18.9. The molecule has 7 nitrogen and oxygen atoms in total. The van der Waals surface area contributed by atoms with Crippen molar-refractivity contribution in [2.75, 3.05) is 19.3 Å². The van der Waals surface area contributed by atoms with Gasteiger partial charge in [-0.25, -0.2) is 13.1 Å². The maximum atomic E-state index is 12.9. The predicted octanol–water partition coefficient (Wildman–Crippen LogP) is 1.63. The third kappa shape index (κ3) is 4.08. The van der Waals surface area contributed by atoms with E-state index < -0.39 is 10.0 Å². The molecule has 2 heterocycles. The van der Waals surface area contributed by atoms with Gasteiger partial charge in [0, 0.05) is 24.7 Å². The summed E-state index contributed by atoms with van der Waals surface area (Å²) in [5, 5.41) is 0. The van der Waals surface area contributed by atoms with Gasteiger partial charge in [0.25, 0.3) is 5.91 Å². The number of aromatic nitrogens is 2. The monoisotopic (exact) mass is 368 g/mol. The average Bonchev–Trinajstić information content (AvgIpc) is 3.01. The molecule has 130 valence electrons. The molecule has 1 saturated heterocycles. The van der Waals surface area contributed by atoms with Crippen molar-refractivity contribution < 1.29 is 13.2 Å². The number of hydrogen-bond donors (Lipinski definition) is 1. The van der Waals surface area contributed by atoms with Gasteiger partial charge in [0.2, 0.25) is 10.0 Å². The molecule has 3 rings (SSSR count). The van der Waals surface area contributed by atoms with Crippen LogP contribution >= 0.6 is 11.7 Å². The maximum absolute atomic E-state index is 12.9. The lowest BCUT2D eigenvalue weighted by molar-refractivity contribution is 0.0604. The van der Waals surface area contributed by atoms with Gasteiger partial charge in [0.15, 0.2) is 0 Å². The van der Waals surface area contributed by atoms with Crippen molar-refractivity contribution in [2.45, 2.75) is 31.7 Å². The molecule has 1 aromatic heterocycles. The number of carbonyl (C=O) groups excluding carboxylic acids is 1. The summed E-state index contributed by atoms with van der Waals surface area (Å²) < 4.78 is 33.3. The number of nitrogens with one attached hydrogen (secondary N) is 1. The number of fused-ring (bicyclic) bond motifs is 1. The molecule has 0 bridgehead atoms. The molecule has 0 radical (unpaired) electrons. The predicted molar refractivity (Wildman–Crippen MR) is 93.6 cm³/mol. The quantitative estimate of drug-likeness (QED) is 0.866. The van der Waals surface area contributed by atoms with Crippen LogP contribution in [-0.2, 0) is 10.0 Å². The van der Waals surface area contributed by atoms with Crippen molar-refractivity contribution in [2.24, 2.45) is 0 Å². The van der Waals surface area contributed by atoms with Crippen LogP contribution in [-0.4, -0.2) is 53.4 Å². The van der Waals surface area contributed by atoms with Crippen LogP contribution in [0.5, 0.6) is 0 Å². The van der Waals surface area contributed by atoms with Crippen molar-refractivity contribution in [3.63, 3.8) is 0 Å². The Hall–Kier alpha value is -1.58. The Bertz CT molecular complexity index is 834. The highest BCUT2D eigenvalue weighted by Gasteiger charge is 2.27. The van der Waals surface area contributed by atoms with Gasteiger partial charge in [-0.15, -0.1) is 0 Å². The number of benzene rings is 1. The molecular formula is C15H20N4O3S2.